The van der Waals surface area contributed by atoms with Gasteiger partial charge in [-0.1, -0.05) is 31.0 Å². The van der Waals surface area contributed by atoms with Crippen molar-refractivity contribution in [2.75, 3.05) is 5.32 Å². The van der Waals surface area contributed by atoms with E-state index in [1.165, 1.54) is 6.08 Å². The highest BCUT2D eigenvalue weighted by Crippen LogP contribution is 2.19. The zero-order valence-corrected chi connectivity index (χ0v) is 13.9. The van der Waals surface area contributed by atoms with Crippen LogP contribution in [-0.2, 0) is 9.59 Å². The summed E-state index contributed by atoms with van der Waals surface area (Å²) in [6, 6.07) is 5.31. The first-order chi connectivity index (χ1) is 10.4. The largest absolute Gasteiger partial charge is 0.322 e. The van der Waals surface area contributed by atoms with Gasteiger partial charge in [0.2, 0.25) is 11.8 Å². The van der Waals surface area contributed by atoms with Crippen molar-refractivity contribution in [3.8, 4) is 0 Å². The summed E-state index contributed by atoms with van der Waals surface area (Å²) in [5, 5.41) is 3.31. The van der Waals surface area contributed by atoms with Crippen LogP contribution in [0.5, 0.6) is 0 Å². The molecule has 0 heterocycles. The van der Waals surface area contributed by atoms with Gasteiger partial charge in [-0.2, -0.15) is 0 Å². The predicted octanol–water partition coefficient (Wildman–Crippen LogP) is 3.30. The molecule has 0 fully saturated rings. The van der Waals surface area contributed by atoms with Crippen molar-refractivity contribution in [3.05, 3.63) is 40.6 Å². The van der Waals surface area contributed by atoms with Crippen molar-refractivity contribution in [2.24, 2.45) is 0 Å². The Morgan fingerprint density at radius 3 is 2.64 bits per heavy atom. The van der Waals surface area contributed by atoms with Crippen LogP contribution in [0.25, 0.3) is 0 Å². The van der Waals surface area contributed by atoms with E-state index in [1.807, 2.05) is 19.9 Å². The zero-order valence-electron chi connectivity index (χ0n) is 13.1. The summed E-state index contributed by atoms with van der Waals surface area (Å²) in [7, 11) is 0. The van der Waals surface area contributed by atoms with Gasteiger partial charge in [-0.15, -0.1) is 0 Å². The third kappa shape index (κ3) is 6.63. The highest BCUT2D eigenvalue weighted by Gasteiger charge is 2.03. The Balaban J connectivity index is 2.48. The number of amides is 2. The van der Waals surface area contributed by atoms with Crippen LogP contribution >= 0.6 is 11.6 Å². The standard InChI is InChI=1S/C16H22ClN3O2/c1-4-5-6-15(21)20-19-12(3)9-16(22)18-13-8-7-11(2)14(17)10-13/h7-10,19H,4-6H2,1-3H3,(H,18,22)(H,20,21). The van der Waals surface area contributed by atoms with Crippen LogP contribution in [0, 0.1) is 6.92 Å². The number of hydrogen-bond donors (Lipinski definition) is 3. The van der Waals surface area contributed by atoms with Crippen molar-refractivity contribution >= 4 is 29.1 Å². The van der Waals surface area contributed by atoms with Gasteiger partial charge in [0.1, 0.15) is 0 Å². The van der Waals surface area contributed by atoms with E-state index in [1.54, 1.807) is 19.1 Å². The van der Waals surface area contributed by atoms with Gasteiger partial charge in [-0.3, -0.25) is 15.0 Å². The van der Waals surface area contributed by atoms with Crippen molar-refractivity contribution in [3.63, 3.8) is 0 Å². The Bertz CT molecular complexity index is 571. The molecule has 22 heavy (non-hydrogen) atoms. The summed E-state index contributed by atoms with van der Waals surface area (Å²) in [6.45, 7) is 5.61. The molecule has 0 aliphatic heterocycles. The maximum atomic E-state index is 11.9. The molecule has 6 heteroatoms. The molecule has 0 unspecified atom stereocenters. The molecule has 2 amide bonds. The van der Waals surface area contributed by atoms with E-state index >= 15 is 0 Å². The predicted molar refractivity (Wildman–Crippen MR) is 89.4 cm³/mol. The Morgan fingerprint density at radius 1 is 1.27 bits per heavy atom. The molecule has 0 spiro atoms. The number of carbonyl (C=O) groups is 2. The molecule has 0 saturated carbocycles. The van der Waals surface area contributed by atoms with Gasteiger partial charge < -0.3 is 10.7 Å². The van der Waals surface area contributed by atoms with Gasteiger partial charge in [-0.05, 0) is 38.0 Å². The van der Waals surface area contributed by atoms with Crippen molar-refractivity contribution in [1.29, 1.82) is 0 Å². The average molecular weight is 324 g/mol. The van der Waals surface area contributed by atoms with Crippen LogP contribution in [0.2, 0.25) is 5.02 Å². The molecule has 3 N–H and O–H groups in total. The summed E-state index contributed by atoms with van der Waals surface area (Å²) in [4.78, 5) is 23.3. The molecule has 5 nitrogen and oxygen atoms in total. The van der Waals surface area contributed by atoms with E-state index in [4.69, 9.17) is 11.6 Å². The van der Waals surface area contributed by atoms with E-state index in [-0.39, 0.29) is 11.8 Å². The lowest BCUT2D eigenvalue weighted by atomic mass is 10.2. The van der Waals surface area contributed by atoms with Crippen molar-refractivity contribution in [1.82, 2.24) is 10.9 Å². The average Bonchev–Trinajstić information content (AvgIpc) is 2.46. The van der Waals surface area contributed by atoms with E-state index < -0.39 is 0 Å². The summed E-state index contributed by atoms with van der Waals surface area (Å²) in [6.07, 6.45) is 3.63. The van der Waals surface area contributed by atoms with Gasteiger partial charge in [0.05, 0.1) is 0 Å². The summed E-state index contributed by atoms with van der Waals surface area (Å²) in [5.74, 6) is -0.395. The Kier molecular flexibility index (Phi) is 7.46. The third-order valence-corrected chi connectivity index (χ3v) is 3.35. The number of hydrogen-bond acceptors (Lipinski definition) is 3. The molecule has 1 aromatic rings. The third-order valence-electron chi connectivity index (χ3n) is 2.94. The molecule has 0 atom stereocenters. The van der Waals surface area contributed by atoms with Crippen LogP contribution in [-0.4, -0.2) is 11.8 Å². The number of allylic oxidation sites excluding steroid dienone is 1. The molecule has 0 aliphatic carbocycles. The second-order valence-corrected chi connectivity index (χ2v) is 5.46. The topological polar surface area (TPSA) is 70.2 Å². The van der Waals surface area contributed by atoms with E-state index in [0.29, 0.717) is 22.8 Å². The number of rotatable bonds is 7. The number of unbranched alkanes of at least 4 members (excludes halogenated alkanes) is 1. The van der Waals surface area contributed by atoms with Crippen molar-refractivity contribution < 1.29 is 9.59 Å². The molecule has 0 aliphatic rings. The molecule has 0 bridgehead atoms. The first-order valence-corrected chi connectivity index (χ1v) is 7.60. The van der Waals surface area contributed by atoms with Gasteiger partial charge in [0, 0.05) is 28.9 Å². The molecule has 0 radical (unpaired) electrons. The van der Waals surface area contributed by atoms with Gasteiger partial charge in [-0.25, -0.2) is 0 Å². The number of anilines is 1. The molecular formula is C16H22ClN3O2. The first kappa shape index (κ1) is 18.0. The number of nitrogens with one attached hydrogen (secondary N) is 3. The Hall–Kier alpha value is -2.01. The number of aryl methyl sites for hydroxylation is 1. The Morgan fingerprint density at radius 2 is 2.00 bits per heavy atom. The monoisotopic (exact) mass is 323 g/mol. The van der Waals surface area contributed by atoms with E-state index in [0.717, 1.165) is 18.4 Å². The number of benzene rings is 1. The number of carbonyl (C=O) groups excluding carboxylic acids is 2. The molecule has 0 saturated heterocycles. The maximum Gasteiger partial charge on any atom is 0.250 e. The Labute approximate surface area is 136 Å². The fourth-order valence-corrected chi connectivity index (χ4v) is 1.83. The van der Waals surface area contributed by atoms with Gasteiger partial charge >= 0.3 is 0 Å². The molecule has 120 valence electrons. The smallest absolute Gasteiger partial charge is 0.250 e. The fourth-order valence-electron chi connectivity index (χ4n) is 1.65. The number of hydrazine groups is 1. The lowest BCUT2D eigenvalue weighted by Gasteiger charge is -2.09. The highest BCUT2D eigenvalue weighted by molar-refractivity contribution is 6.31. The van der Waals surface area contributed by atoms with E-state index in [2.05, 4.69) is 16.2 Å². The number of halogens is 1. The normalized spacial score (nSPS) is 11.0. The van der Waals surface area contributed by atoms with Crippen LogP contribution in [0.3, 0.4) is 0 Å². The lowest BCUT2D eigenvalue weighted by Crippen LogP contribution is -2.36. The fraction of sp³-hybridized carbons (Fsp3) is 0.375. The first-order valence-electron chi connectivity index (χ1n) is 7.22. The minimum absolute atomic E-state index is 0.0969. The SMILES string of the molecule is CCCCC(=O)NNC(C)=CC(=O)Nc1ccc(C)c(Cl)c1. The molecule has 1 aromatic carbocycles. The molecule has 0 aromatic heterocycles. The summed E-state index contributed by atoms with van der Waals surface area (Å²) in [5.41, 5.74) is 7.36. The van der Waals surface area contributed by atoms with Gasteiger partial charge in [0.25, 0.3) is 0 Å². The minimum Gasteiger partial charge on any atom is -0.322 e. The minimum atomic E-state index is -0.298. The van der Waals surface area contributed by atoms with Crippen LogP contribution < -0.4 is 16.2 Å². The summed E-state index contributed by atoms with van der Waals surface area (Å²) >= 11 is 6.00. The second-order valence-electron chi connectivity index (χ2n) is 5.06. The maximum absolute atomic E-state index is 11.9. The second kappa shape index (κ2) is 9.10. The highest BCUT2D eigenvalue weighted by atomic mass is 35.5. The quantitative estimate of drug-likeness (QED) is 0.532. The van der Waals surface area contributed by atoms with Crippen LogP contribution in [0.1, 0.15) is 38.7 Å². The van der Waals surface area contributed by atoms with Crippen LogP contribution in [0.4, 0.5) is 5.69 Å². The van der Waals surface area contributed by atoms with Crippen LogP contribution in [0.15, 0.2) is 30.0 Å². The lowest BCUT2D eigenvalue weighted by molar-refractivity contribution is -0.122. The van der Waals surface area contributed by atoms with Crippen molar-refractivity contribution in [2.45, 2.75) is 40.0 Å². The van der Waals surface area contributed by atoms with E-state index in [9.17, 15) is 9.59 Å². The molecule has 1 rings (SSSR count). The zero-order chi connectivity index (χ0) is 16.5. The molecular weight excluding hydrogens is 302 g/mol. The summed E-state index contributed by atoms with van der Waals surface area (Å²) < 4.78 is 0. The van der Waals surface area contributed by atoms with Gasteiger partial charge in [0.15, 0.2) is 0 Å².